The summed E-state index contributed by atoms with van der Waals surface area (Å²) in [4.78, 5) is 0. The lowest BCUT2D eigenvalue weighted by atomic mass is 10.8. The van der Waals surface area contributed by atoms with Crippen LogP contribution in [0.5, 0.6) is 0 Å². The molecule has 1 heterocycles. The van der Waals surface area contributed by atoms with E-state index in [2.05, 4.69) is 4.37 Å². The highest BCUT2D eigenvalue weighted by Gasteiger charge is 2.12. The highest BCUT2D eigenvalue weighted by Crippen LogP contribution is 2.14. The fraction of sp³-hybridized carbons (Fsp3) is 0. The zero-order valence-corrected chi connectivity index (χ0v) is 5.75. The van der Waals surface area contributed by atoms with Crippen molar-refractivity contribution in [2.45, 2.75) is 4.21 Å². The van der Waals surface area contributed by atoms with E-state index in [1.54, 1.807) is 0 Å². The van der Waals surface area contributed by atoms with Crippen LogP contribution in [-0.2, 0) is 10.2 Å². The van der Waals surface area contributed by atoms with Crippen molar-refractivity contribution in [2.75, 3.05) is 0 Å². The van der Waals surface area contributed by atoms with Crippen LogP contribution in [0.2, 0.25) is 0 Å². The number of rotatable bonds is 1. The Bertz CT molecular complexity index is 277. The third kappa shape index (κ3) is 1.46. The van der Waals surface area contributed by atoms with E-state index in [9.17, 15) is 12.3 Å². The van der Waals surface area contributed by atoms with Crippen LogP contribution in [-0.4, -0.2) is 12.8 Å². The molecule has 0 saturated carbocycles. The van der Waals surface area contributed by atoms with Gasteiger partial charge in [-0.05, 0) is 17.6 Å². The van der Waals surface area contributed by atoms with Crippen molar-refractivity contribution in [2.24, 2.45) is 0 Å². The molecule has 0 saturated heterocycles. The van der Waals surface area contributed by atoms with E-state index >= 15 is 0 Å². The first-order chi connectivity index (χ1) is 4.11. The molecule has 1 aromatic rings. The average Bonchev–Trinajstić information content (AvgIpc) is 2.08. The molecule has 0 fully saturated rings. The molecule has 9 heavy (non-hydrogen) atoms. The Morgan fingerprint density at radius 2 is 2.33 bits per heavy atom. The van der Waals surface area contributed by atoms with Crippen LogP contribution in [0.4, 0.5) is 3.89 Å². The summed E-state index contributed by atoms with van der Waals surface area (Å²) in [5.41, 5.74) is 0. The minimum atomic E-state index is -4.50. The second kappa shape index (κ2) is 2.03. The van der Waals surface area contributed by atoms with Gasteiger partial charge in [0.2, 0.25) is 0 Å². The van der Waals surface area contributed by atoms with Gasteiger partial charge in [0.25, 0.3) is 0 Å². The van der Waals surface area contributed by atoms with Crippen LogP contribution in [0.3, 0.4) is 0 Å². The van der Waals surface area contributed by atoms with E-state index in [1.807, 2.05) is 0 Å². The quantitative estimate of drug-likeness (QED) is 0.581. The molecule has 0 radical (unpaired) electrons. The number of hydrogen-bond donors (Lipinski definition) is 0. The Balaban J connectivity index is 3.20. The Kier molecular flexibility index (Phi) is 1.50. The standard InChI is InChI=1S/C3H2FNO2S2/c4-9(6,7)3-1-2-5-8-3/h1-2H. The second-order valence-electron chi connectivity index (χ2n) is 1.27. The first-order valence-corrected chi connectivity index (χ1v) is 4.12. The molecule has 0 spiro atoms. The van der Waals surface area contributed by atoms with Gasteiger partial charge in [0, 0.05) is 6.20 Å². The zero-order valence-electron chi connectivity index (χ0n) is 4.11. The van der Waals surface area contributed by atoms with E-state index in [-0.39, 0.29) is 4.21 Å². The van der Waals surface area contributed by atoms with Gasteiger partial charge in [0.05, 0.1) is 0 Å². The summed E-state index contributed by atoms with van der Waals surface area (Å²) in [5.74, 6) is 0. The lowest BCUT2D eigenvalue weighted by Crippen LogP contribution is -1.84. The predicted octanol–water partition coefficient (Wildman–Crippen LogP) is 0.801. The fourth-order valence-electron chi connectivity index (χ4n) is 0.330. The van der Waals surface area contributed by atoms with Gasteiger partial charge in [-0.15, -0.1) is 0 Å². The minimum absolute atomic E-state index is 0.345. The van der Waals surface area contributed by atoms with Gasteiger partial charge in [-0.25, -0.2) is 0 Å². The van der Waals surface area contributed by atoms with Crippen molar-refractivity contribution in [1.82, 2.24) is 4.37 Å². The van der Waals surface area contributed by atoms with Crippen LogP contribution < -0.4 is 0 Å². The van der Waals surface area contributed by atoms with Gasteiger partial charge in [-0.2, -0.15) is 12.8 Å². The molecule has 0 atom stereocenters. The number of halogens is 1. The molecule has 0 aliphatic carbocycles. The average molecular weight is 167 g/mol. The lowest BCUT2D eigenvalue weighted by molar-refractivity contribution is 0.554. The van der Waals surface area contributed by atoms with E-state index in [1.165, 1.54) is 6.20 Å². The van der Waals surface area contributed by atoms with Crippen LogP contribution in [0, 0.1) is 0 Å². The van der Waals surface area contributed by atoms with Gasteiger partial charge < -0.3 is 0 Å². The Hall–Kier alpha value is -0.490. The summed E-state index contributed by atoms with van der Waals surface area (Å²) in [6.45, 7) is 0. The van der Waals surface area contributed by atoms with Crippen molar-refractivity contribution in [3.05, 3.63) is 12.3 Å². The zero-order chi connectivity index (χ0) is 6.91. The SMILES string of the molecule is O=S(=O)(F)c1ccns1. The van der Waals surface area contributed by atoms with E-state index in [0.717, 1.165) is 6.07 Å². The number of aromatic nitrogens is 1. The van der Waals surface area contributed by atoms with Crippen molar-refractivity contribution in [1.29, 1.82) is 0 Å². The Morgan fingerprint density at radius 3 is 2.56 bits per heavy atom. The van der Waals surface area contributed by atoms with Crippen molar-refractivity contribution in [3.63, 3.8) is 0 Å². The molecule has 0 aromatic carbocycles. The predicted molar refractivity (Wildman–Crippen MR) is 30.4 cm³/mol. The highest BCUT2D eigenvalue weighted by atomic mass is 32.3. The third-order valence-electron chi connectivity index (χ3n) is 0.654. The summed E-state index contributed by atoms with van der Waals surface area (Å²) in [6, 6.07) is 1.11. The van der Waals surface area contributed by atoms with Gasteiger partial charge in [0.15, 0.2) is 4.21 Å². The first kappa shape index (κ1) is 6.63. The third-order valence-corrected chi connectivity index (χ3v) is 2.64. The maximum atomic E-state index is 11.9. The summed E-state index contributed by atoms with van der Waals surface area (Å²) < 4.78 is 35.0. The highest BCUT2D eigenvalue weighted by molar-refractivity contribution is 7.88. The van der Waals surface area contributed by atoms with Crippen LogP contribution in [0.1, 0.15) is 0 Å². The van der Waals surface area contributed by atoms with Crippen molar-refractivity contribution < 1.29 is 12.3 Å². The van der Waals surface area contributed by atoms with Crippen molar-refractivity contribution >= 4 is 21.8 Å². The van der Waals surface area contributed by atoms with E-state index < -0.39 is 10.2 Å². The molecular weight excluding hydrogens is 165 g/mol. The molecule has 1 rings (SSSR count). The molecular formula is C3H2FNO2S2. The second-order valence-corrected chi connectivity index (χ2v) is 3.68. The van der Waals surface area contributed by atoms with Gasteiger partial charge >= 0.3 is 10.2 Å². The van der Waals surface area contributed by atoms with Crippen LogP contribution in [0.25, 0.3) is 0 Å². The summed E-state index contributed by atoms with van der Waals surface area (Å²) >= 11 is 0.617. The maximum absolute atomic E-state index is 11.9. The molecule has 0 aliphatic heterocycles. The summed E-state index contributed by atoms with van der Waals surface area (Å²) in [5, 5.41) is 0. The Labute approximate surface area is 55.5 Å². The Morgan fingerprint density at radius 1 is 1.67 bits per heavy atom. The lowest BCUT2D eigenvalue weighted by Gasteiger charge is -1.79. The maximum Gasteiger partial charge on any atom is 0.343 e. The normalized spacial score (nSPS) is 11.7. The molecule has 0 amide bonds. The largest absolute Gasteiger partial charge is 0.343 e. The molecule has 0 aliphatic rings. The molecule has 0 N–H and O–H groups in total. The number of hydrogen-bond acceptors (Lipinski definition) is 4. The molecule has 0 bridgehead atoms. The van der Waals surface area contributed by atoms with Crippen molar-refractivity contribution in [3.8, 4) is 0 Å². The van der Waals surface area contributed by atoms with E-state index in [4.69, 9.17) is 0 Å². The van der Waals surface area contributed by atoms with E-state index in [0.29, 0.717) is 11.5 Å². The fourth-order valence-corrected chi connectivity index (χ4v) is 1.39. The number of nitrogens with zero attached hydrogens (tertiary/aromatic N) is 1. The summed E-state index contributed by atoms with van der Waals surface area (Å²) in [6.07, 6.45) is 1.23. The summed E-state index contributed by atoms with van der Waals surface area (Å²) in [7, 11) is -4.50. The first-order valence-electron chi connectivity index (χ1n) is 1.96. The topological polar surface area (TPSA) is 47.0 Å². The monoisotopic (exact) mass is 167 g/mol. The molecule has 50 valence electrons. The minimum Gasteiger partial charge on any atom is -0.200 e. The molecule has 1 aromatic heterocycles. The molecule has 6 heteroatoms. The molecule has 3 nitrogen and oxygen atoms in total. The van der Waals surface area contributed by atoms with Gasteiger partial charge in [-0.1, -0.05) is 3.89 Å². The van der Waals surface area contributed by atoms with Gasteiger partial charge in [0.1, 0.15) is 0 Å². The van der Waals surface area contributed by atoms with Crippen LogP contribution in [0.15, 0.2) is 16.5 Å². The molecule has 0 unspecified atom stereocenters. The van der Waals surface area contributed by atoms with Gasteiger partial charge in [-0.3, -0.25) is 0 Å². The smallest absolute Gasteiger partial charge is 0.200 e. The van der Waals surface area contributed by atoms with Crippen LogP contribution >= 0.6 is 11.5 Å².